The minimum Gasteiger partial charge on any atom is -0.339 e. The first-order valence-electron chi connectivity index (χ1n) is 7.89. The first kappa shape index (κ1) is 16.0. The van der Waals surface area contributed by atoms with Crippen LogP contribution in [0.2, 0.25) is 0 Å². The summed E-state index contributed by atoms with van der Waals surface area (Å²) in [4.78, 5) is 16.3. The van der Waals surface area contributed by atoms with Gasteiger partial charge in [-0.2, -0.15) is 0 Å². The van der Waals surface area contributed by atoms with E-state index in [1.165, 1.54) is 5.56 Å². The molecule has 1 saturated heterocycles. The number of carbonyl (C=O) groups excluding carboxylic acids is 1. The Bertz CT molecular complexity index is 429. The van der Waals surface area contributed by atoms with Crippen molar-refractivity contribution in [3.8, 4) is 0 Å². The zero-order valence-electron chi connectivity index (χ0n) is 13.2. The summed E-state index contributed by atoms with van der Waals surface area (Å²) in [6.45, 7) is 7.25. The molecule has 0 aromatic heterocycles. The molecule has 4 nitrogen and oxygen atoms in total. The third-order valence-electron chi connectivity index (χ3n) is 4.19. The number of nitrogens with one attached hydrogen (secondary N) is 1. The van der Waals surface area contributed by atoms with Crippen molar-refractivity contribution in [3.63, 3.8) is 0 Å². The molecular weight excluding hydrogens is 262 g/mol. The average Bonchev–Trinajstić information content (AvgIpc) is 2.54. The molecule has 0 spiro atoms. The highest BCUT2D eigenvalue weighted by Crippen LogP contribution is 2.18. The lowest BCUT2D eigenvalue weighted by atomic mass is 9.98. The minimum atomic E-state index is 0.256. The summed E-state index contributed by atoms with van der Waals surface area (Å²) < 4.78 is 0. The predicted octanol–water partition coefficient (Wildman–Crippen LogP) is 1.54. The van der Waals surface area contributed by atoms with Gasteiger partial charge in [-0.1, -0.05) is 37.3 Å². The van der Waals surface area contributed by atoms with Gasteiger partial charge in [-0.05, 0) is 31.5 Å². The van der Waals surface area contributed by atoms with E-state index in [1.807, 2.05) is 11.9 Å². The Morgan fingerprint density at radius 1 is 1.29 bits per heavy atom. The average molecular weight is 289 g/mol. The zero-order chi connectivity index (χ0) is 15.1. The summed E-state index contributed by atoms with van der Waals surface area (Å²) in [6.07, 6.45) is 1.08. The Morgan fingerprint density at radius 2 is 1.95 bits per heavy atom. The molecule has 1 aromatic carbocycles. The molecule has 1 aromatic rings. The highest BCUT2D eigenvalue weighted by molar-refractivity contribution is 5.78. The van der Waals surface area contributed by atoms with Crippen molar-refractivity contribution in [1.29, 1.82) is 0 Å². The van der Waals surface area contributed by atoms with Crippen molar-refractivity contribution in [2.45, 2.75) is 19.3 Å². The summed E-state index contributed by atoms with van der Waals surface area (Å²) in [5.74, 6) is 0.786. The van der Waals surface area contributed by atoms with E-state index in [2.05, 4.69) is 47.5 Å². The number of hydrogen-bond acceptors (Lipinski definition) is 3. The summed E-state index contributed by atoms with van der Waals surface area (Å²) in [6, 6.07) is 10.6. The van der Waals surface area contributed by atoms with Crippen LogP contribution in [0, 0.1) is 0 Å². The topological polar surface area (TPSA) is 35.6 Å². The molecule has 1 amide bonds. The fraction of sp³-hybridized carbons (Fsp3) is 0.588. The van der Waals surface area contributed by atoms with Crippen LogP contribution in [0.15, 0.2) is 30.3 Å². The van der Waals surface area contributed by atoms with Crippen LogP contribution < -0.4 is 5.32 Å². The normalized spacial score (nSPS) is 17.0. The fourth-order valence-electron chi connectivity index (χ4n) is 2.69. The first-order chi connectivity index (χ1) is 10.2. The van der Waals surface area contributed by atoms with Gasteiger partial charge in [0.05, 0.1) is 6.54 Å². The highest BCUT2D eigenvalue weighted by Gasteiger charge is 2.17. The number of nitrogens with zero attached hydrogens (tertiary/aromatic N) is 2. The van der Waals surface area contributed by atoms with E-state index in [0.717, 1.165) is 39.1 Å². The largest absolute Gasteiger partial charge is 0.339 e. The Hall–Kier alpha value is -1.39. The summed E-state index contributed by atoms with van der Waals surface area (Å²) in [5, 5.41) is 3.27. The lowest BCUT2D eigenvalue weighted by Crippen LogP contribution is -2.49. The van der Waals surface area contributed by atoms with Crippen LogP contribution >= 0.6 is 0 Å². The van der Waals surface area contributed by atoms with E-state index in [-0.39, 0.29) is 5.91 Å². The number of rotatable bonds is 6. The minimum absolute atomic E-state index is 0.256. The predicted molar refractivity (Wildman–Crippen MR) is 86.4 cm³/mol. The van der Waals surface area contributed by atoms with Gasteiger partial charge >= 0.3 is 0 Å². The van der Waals surface area contributed by atoms with E-state index in [9.17, 15) is 4.79 Å². The van der Waals surface area contributed by atoms with Gasteiger partial charge in [0.15, 0.2) is 0 Å². The van der Waals surface area contributed by atoms with Crippen molar-refractivity contribution in [2.24, 2.45) is 0 Å². The maximum absolute atomic E-state index is 12.2. The van der Waals surface area contributed by atoms with Gasteiger partial charge in [0, 0.05) is 26.2 Å². The highest BCUT2D eigenvalue weighted by atomic mass is 16.2. The summed E-state index contributed by atoms with van der Waals surface area (Å²) in [5.41, 5.74) is 1.37. The van der Waals surface area contributed by atoms with Gasteiger partial charge in [-0.25, -0.2) is 0 Å². The van der Waals surface area contributed by atoms with Crippen molar-refractivity contribution < 1.29 is 4.79 Å². The van der Waals surface area contributed by atoms with Gasteiger partial charge in [0.2, 0.25) is 5.91 Å². The Morgan fingerprint density at radius 3 is 2.62 bits per heavy atom. The lowest BCUT2D eigenvalue weighted by molar-refractivity contribution is -0.132. The van der Waals surface area contributed by atoms with Gasteiger partial charge in [-0.15, -0.1) is 0 Å². The molecule has 1 atom stereocenters. The molecule has 116 valence electrons. The molecule has 1 N–H and O–H groups in total. The standard InChI is InChI=1S/C17H27N3O/c1-15(16-6-4-3-5-7-16)8-11-19(2)14-17(21)20-12-9-18-10-13-20/h3-7,15,18H,8-14H2,1-2H3. The van der Waals surface area contributed by atoms with E-state index < -0.39 is 0 Å². The second-order valence-electron chi connectivity index (χ2n) is 5.97. The van der Waals surface area contributed by atoms with Crippen molar-refractivity contribution in [3.05, 3.63) is 35.9 Å². The van der Waals surface area contributed by atoms with Gasteiger partial charge in [0.1, 0.15) is 0 Å². The van der Waals surface area contributed by atoms with Crippen LogP contribution in [-0.2, 0) is 4.79 Å². The zero-order valence-corrected chi connectivity index (χ0v) is 13.2. The quantitative estimate of drug-likeness (QED) is 0.863. The Balaban J connectivity index is 1.71. The van der Waals surface area contributed by atoms with Crippen molar-refractivity contribution >= 4 is 5.91 Å². The van der Waals surface area contributed by atoms with Gasteiger partial charge in [-0.3, -0.25) is 9.69 Å². The van der Waals surface area contributed by atoms with E-state index in [4.69, 9.17) is 0 Å². The second kappa shape index (κ2) is 8.15. The van der Waals surface area contributed by atoms with E-state index >= 15 is 0 Å². The number of amides is 1. The molecule has 1 unspecified atom stereocenters. The molecule has 0 radical (unpaired) electrons. The molecule has 21 heavy (non-hydrogen) atoms. The van der Waals surface area contributed by atoms with Crippen LogP contribution in [0.5, 0.6) is 0 Å². The number of piperazine rings is 1. The van der Waals surface area contributed by atoms with Crippen LogP contribution in [0.25, 0.3) is 0 Å². The molecule has 1 heterocycles. The number of benzene rings is 1. The second-order valence-corrected chi connectivity index (χ2v) is 5.97. The third kappa shape index (κ3) is 5.14. The smallest absolute Gasteiger partial charge is 0.236 e. The Kier molecular flexibility index (Phi) is 6.21. The maximum atomic E-state index is 12.2. The molecule has 0 aliphatic carbocycles. The lowest BCUT2D eigenvalue weighted by Gasteiger charge is -2.29. The SMILES string of the molecule is CC(CCN(C)CC(=O)N1CCNCC1)c1ccccc1. The Labute approximate surface area is 128 Å². The van der Waals surface area contributed by atoms with Crippen molar-refractivity contribution in [1.82, 2.24) is 15.1 Å². The van der Waals surface area contributed by atoms with Crippen LogP contribution in [0.1, 0.15) is 24.8 Å². The molecule has 2 rings (SSSR count). The van der Waals surface area contributed by atoms with Gasteiger partial charge < -0.3 is 10.2 Å². The molecule has 1 aliphatic rings. The summed E-state index contributed by atoms with van der Waals surface area (Å²) in [7, 11) is 2.04. The van der Waals surface area contributed by atoms with Crippen LogP contribution in [0.4, 0.5) is 0 Å². The third-order valence-corrected chi connectivity index (χ3v) is 4.19. The first-order valence-corrected chi connectivity index (χ1v) is 7.89. The van der Waals surface area contributed by atoms with Crippen molar-refractivity contribution in [2.75, 3.05) is 46.3 Å². The van der Waals surface area contributed by atoms with E-state index in [0.29, 0.717) is 12.5 Å². The summed E-state index contributed by atoms with van der Waals surface area (Å²) >= 11 is 0. The molecule has 0 saturated carbocycles. The fourth-order valence-corrected chi connectivity index (χ4v) is 2.69. The van der Waals surface area contributed by atoms with Crippen LogP contribution in [-0.4, -0.2) is 62.0 Å². The molecular formula is C17H27N3O. The van der Waals surface area contributed by atoms with Crippen LogP contribution in [0.3, 0.4) is 0 Å². The maximum Gasteiger partial charge on any atom is 0.236 e. The number of hydrogen-bond donors (Lipinski definition) is 1. The number of carbonyl (C=O) groups is 1. The molecule has 0 bridgehead atoms. The monoisotopic (exact) mass is 289 g/mol. The molecule has 1 fully saturated rings. The molecule has 1 aliphatic heterocycles. The molecule has 4 heteroatoms. The number of likely N-dealkylation sites (N-methyl/N-ethyl adjacent to an activating group) is 1. The van der Waals surface area contributed by atoms with Gasteiger partial charge in [0.25, 0.3) is 0 Å². The van der Waals surface area contributed by atoms with E-state index in [1.54, 1.807) is 0 Å².